The second-order valence-electron chi connectivity index (χ2n) is 2.83. The van der Waals surface area contributed by atoms with E-state index in [2.05, 4.69) is 0 Å². The first-order valence-electron chi connectivity index (χ1n) is 4.13. The van der Waals surface area contributed by atoms with Gasteiger partial charge in [0.05, 0.1) is 22.3 Å². The van der Waals surface area contributed by atoms with E-state index >= 15 is 0 Å². The van der Waals surface area contributed by atoms with Crippen molar-refractivity contribution in [3.8, 4) is 0 Å². The van der Waals surface area contributed by atoms with Crippen LogP contribution in [0, 0.1) is 0 Å². The maximum Gasteiger partial charge on any atom is 0.179 e. The first-order chi connectivity index (χ1) is 6.51. The topological polar surface area (TPSA) is 54.4 Å². The minimum Gasteiger partial charge on any atom is -0.392 e. The molecule has 0 atom stereocenters. The summed E-state index contributed by atoms with van der Waals surface area (Å²) in [6, 6.07) is 4.44. The van der Waals surface area contributed by atoms with E-state index in [1.54, 1.807) is 13.0 Å². The Labute approximate surface area is 88.2 Å². The lowest BCUT2D eigenvalue weighted by Gasteiger charge is -2.05. The third-order valence-electron chi connectivity index (χ3n) is 1.89. The predicted octanol–water partition coefficient (Wildman–Crippen LogP) is 1.63. The molecule has 0 amide bonds. The van der Waals surface area contributed by atoms with E-state index in [0.29, 0.717) is 5.56 Å². The Balaban J connectivity index is 3.26. The molecule has 0 saturated heterocycles. The van der Waals surface area contributed by atoms with Gasteiger partial charge in [0.1, 0.15) is 0 Å². The molecule has 0 saturated carbocycles. The summed E-state index contributed by atoms with van der Waals surface area (Å²) in [5.41, 5.74) is 0.602. The molecule has 0 heterocycles. The van der Waals surface area contributed by atoms with Crippen molar-refractivity contribution in [2.45, 2.75) is 18.4 Å². The van der Waals surface area contributed by atoms with Crippen molar-refractivity contribution in [1.82, 2.24) is 0 Å². The molecule has 3 nitrogen and oxygen atoms in total. The molecule has 1 rings (SSSR count). The van der Waals surface area contributed by atoms with Crippen molar-refractivity contribution in [3.63, 3.8) is 0 Å². The highest BCUT2D eigenvalue weighted by Crippen LogP contribution is 2.23. The molecule has 0 aromatic heterocycles. The van der Waals surface area contributed by atoms with Crippen LogP contribution in [0.2, 0.25) is 5.02 Å². The molecular formula is C9H11ClO3S. The fourth-order valence-corrected chi connectivity index (χ4v) is 2.55. The summed E-state index contributed by atoms with van der Waals surface area (Å²) in [5.74, 6) is 0.0190. The third kappa shape index (κ3) is 2.26. The monoisotopic (exact) mass is 234 g/mol. The van der Waals surface area contributed by atoms with Crippen LogP contribution < -0.4 is 0 Å². The zero-order valence-corrected chi connectivity index (χ0v) is 9.27. The normalized spacial score (nSPS) is 11.6. The van der Waals surface area contributed by atoms with Gasteiger partial charge in [-0.2, -0.15) is 0 Å². The number of sulfone groups is 1. The maximum atomic E-state index is 11.5. The van der Waals surface area contributed by atoms with Gasteiger partial charge >= 0.3 is 0 Å². The van der Waals surface area contributed by atoms with Crippen LogP contribution in [0.5, 0.6) is 0 Å². The maximum absolute atomic E-state index is 11.5. The summed E-state index contributed by atoms with van der Waals surface area (Å²) in [6.45, 7) is 1.41. The Hall–Kier alpha value is -0.580. The molecule has 0 bridgehead atoms. The second-order valence-corrected chi connectivity index (χ2v) is 5.48. The molecule has 1 aromatic carbocycles. The quantitative estimate of drug-likeness (QED) is 0.865. The largest absolute Gasteiger partial charge is 0.392 e. The van der Waals surface area contributed by atoms with Crippen LogP contribution in [-0.4, -0.2) is 19.3 Å². The highest BCUT2D eigenvalue weighted by molar-refractivity contribution is 7.91. The van der Waals surface area contributed by atoms with Gasteiger partial charge in [0.2, 0.25) is 0 Å². The lowest BCUT2D eigenvalue weighted by molar-refractivity contribution is 0.282. The Morgan fingerprint density at radius 1 is 1.43 bits per heavy atom. The summed E-state index contributed by atoms with van der Waals surface area (Å²) in [4.78, 5) is 0.124. The Morgan fingerprint density at radius 2 is 2.07 bits per heavy atom. The van der Waals surface area contributed by atoms with Crippen molar-refractivity contribution < 1.29 is 13.5 Å². The van der Waals surface area contributed by atoms with Gasteiger partial charge in [0.25, 0.3) is 0 Å². The van der Waals surface area contributed by atoms with Crippen LogP contribution in [0.3, 0.4) is 0 Å². The summed E-state index contributed by atoms with van der Waals surface area (Å²) in [6.07, 6.45) is 0. The van der Waals surface area contributed by atoms with E-state index in [1.807, 2.05) is 0 Å². The van der Waals surface area contributed by atoms with E-state index in [-0.39, 0.29) is 22.3 Å². The summed E-state index contributed by atoms with van der Waals surface area (Å²) in [5, 5.41) is 8.97. The molecule has 0 spiro atoms. The molecule has 5 heteroatoms. The SMILES string of the molecule is CCS(=O)(=O)c1ccc(CO)cc1Cl. The Kier molecular flexibility index (Phi) is 3.53. The average Bonchev–Trinajstić information content (AvgIpc) is 2.17. The molecular weight excluding hydrogens is 224 g/mol. The van der Waals surface area contributed by atoms with Crippen molar-refractivity contribution in [2.75, 3.05) is 5.75 Å². The van der Waals surface area contributed by atoms with E-state index in [0.717, 1.165) is 0 Å². The van der Waals surface area contributed by atoms with Crippen molar-refractivity contribution in [1.29, 1.82) is 0 Å². The van der Waals surface area contributed by atoms with Crippen LogP contribution in [-0.2, 0) is 16.4 Å². The molecule has 14 heavy (non-hydrogen) atoms. The summed E-state index contributed by atoms with van der Waals surface area (Å²) >= 11 is 5.78. The van der Waals surface area contributed by atoms with Gasteiger partial charge in [-0.3, -0.25) is 0 Å². The molecule has 1 aromatic rings. The predicted molar refractivity (Wildman–Crippen MR) is 55.1 cm³/mol. The van der Waals surface area contributed by atoms with Crippen LogP contribution in [0.1, 0.15) is 12.5 Å². The third-order valence-corrected chi connectivity index (χ3v) is 4.10. The molecule has 0 aliphatic carbocycles. The number of aliphatic hydroxyl groups excluding tert-OH is 1. The molecule has 0 radical (unpaired) electrons. The lowest BCUT2D eigenvalue weighted by atomic mass is 10.2. The Bertz CT molecular complexity index is 426. The van der Waals surface area contributed by atoms with Gasteiger partial charge in [0, 0.05) is 0 Å². The van der Waals surface area contributed by atoms with Crippen molar-refractivity contribution in [3.05, 3.63) is 28.8 Å². The van der Waals surface area contributed by atoms with Gasteiger partial charge in [-0.25, -0.2) is 8.42 Å². The minimum absolute atomic E-state index is 0.0190. The fraction of sp³-hybridized carbons (Fsp3) is 0.333. The van der Waals surface area contributed by atoms with Gasteiger partial charge < -0.3 is 5.11 Å². The number of hydrogen-bond donors (Lipinski definition) is 1. The zero-order chi connectivity index (χ0) is 10.8. The first kappa shape index (κ1) is 11.5. The number of aliphatic hydroxyl groups is 1. The smallest absolute Gasteiger partial charge is 0.179 e. The lowest BCUT2D eigenvalue weighted by Crippen LogP contribution is -2.04. The average molecular weight is 235 g/mol. The number of rotatable bonds is 3. The van der Waals surface area contributed by atoms with Gasteiger partial charge in [-0.05, 0) is 17.7 Å². The molecule has 0 aliphatic heterocycles. The highest BCUT2D eigenvalue weighted by Gasteiger charge is 2.15. The van der Waals surface area contributed by atoms with Crippen LogP contribution in [0.15, 0.2) is 23.1 Å². The first-order valence-corrected chi connectivity index (χ1v) is 6.16. The van der Waals surface area contributed by atoms with Crippen LogP contribution in [0.4, 0.5) is 0 Å². The van der Waals surface area contributed by atoms with E-state index in [4.69, 9.17) is 16.7 Å². The summed E-state index contributed by atoms with van der Waals surface area (Å²) < 4.78 is 22.9. The van der Waals surface area contributed by atoms with Gasteiger partial charge in [-0.15, -0.1) is 0 Å². The minimum atomic E-state index is -3.27. The van der Waals surface area contributed by atoms with Gasteiger partial charge in [-0.1, -0.05) is 24.6 Å². The summed E-state index contributed by atoms with van der Waals surface area (Å²) in [7, 11) is -3.27. The van der Waals surface area contributed by atoms with Crippen LogP contribution >= 0.6 is 11.6 Å². The molecule has 0 aliphatic rings. The molecule has 78 valence electrons. The fourth-order valence-electron chi connectivity index (χ4n) is 1.05. The number of benzene rings is 1. The standard InChI is InChI=1S/C9H11ClO3S/c1-2-14(12,13)9-4-3-7(6-11)5-8(9)10/h3-5,11H,2,6H2,1H3. The highest BCUT2D eigenvalue weighted by atomic mass is 35.5. The van der Waals surface area contributed by atoms with Gasteiger partial charge in [0.15, 0.2) is 9.84 Å². The van der Waals surface area contributed by atoms with Crippen molar-refractivity contribution >= 4 is 21.4 Å². The van der Waals surface area contributed by atoms with E-state index < -0.39 is 9.84 Å². The Morgan fingerprint density at radius 3 is 2.50 bits per heavy atom. The number of halogens is 1. The van der Waals surface area contributed by atoms with Crippen molar-refractivity contribution in [2.24, 2.45) is 0 Å². The molecule has 0 unspecified atom stereocenters. The van der Waals surface area contributed by atoms with E-state index in [9.17, 15) is 8.42 Å². The number of hydrogen-bond acceptors (Lipinski definition) is 3. The zero-order valence-electron chi connectivity index (χ0n) is 7.70. The molecule has 1 N–H and O–H groups in total. The van der Waals surface area contributed by atoms with E-state index in [1.165, 1.54) is 12.1 Å². The molecule has 0 fully saturated rings. The van der Waals surface area contributed by atoms with Crippen LogP contribution in [0.25, 0.3) is 0 Å². The second kappa shape index (κ2) is 4.29.